The quantitative estimate of drug-likeness (QED) is 0.624. The van der Waals surface area contributed by atoms with E-state index in [2.05, 4.69) is 21.9 Å². The lowest BCUT2D eigenvalue weighted by Gasteiger charge is -2.34. The molecule has 3 aliphatic rings. The first-order valence-corrected chi connectivity index (χ1v) is 11.9. The fourth-order valence-electron chi connectivity index (χ4n) is 4.85. The molecule has 2 aromatic heterocycles. The van der Waals surface area contributed by atoms with Crippen molar-refractivity contribution in [3.05, 3.63) is 56.4 Å². The minimum absolute atomic E-state index is 0.0841. The number of hydrogen-bond acceptors (Lipinski definition) is 7. The van der Waals surface area contributed by atoms with E-state index in [0.717, 1.165) is 74.3 Å². The molecule has 0 amide bonds. The van der Waals surface area contributed by atoms with Crippen LogP contribution >= 0.6 is 11.3 Å². The zero-order chi connectivity index (χ0) is 20.8. The first kappa shape index (κ1) is 19.3. The van der Waals surface area contributed by atoms with E-state index < -0.39 is 0 Å². The van der Waals surface area contributed by atoms with Crippen LogP contribution in [0.5, 0.6) is 11.5 Å². The third-order valence-electron chi connectivity index (χ3n) is 6.51. The summed E-state index contributed by atoms with van der Waals surface area (Å²) in [6, 6.07) is 7.94. The van der Waals surface area contributed by atoms with E-state index in [1.807, 2.05) is 10.5 Å². The third kappa shape index (κ3) is 3.73. The second kappa shape index (κ2) is 7.93. The van der Waals surface area contributed by atoms with Crippen LogP contribution in [0.1, 0.15) is 34.7 Å². The molecule has 0 spiro atoms. The van der Waals surface area contributed by atoms with Crippen molar-refractivity contribution in [2.75, 3.05) is 33.0 Å². The molecular formula is C23H26N4O3S. The number of aryl methyl sites for hydroxylation is 2. The van der Waals surface area contributed by atoms with Crippen LogP contribution in [0.15, 0.2) is 29.1 Å². The van der Waals surface area contributed by atoms with Gasteiger partial charge in [0.2, 0.25) is 6.79 Å². The predicted octanol–water partition coefficient (Wildman–Crippen LogP) is 2.68. The molecule has 0 saturated carbocycles. The van der Waals surface area contributed by atoms with Gasteiger partial charge >= 0.3 is 0 Å². The van der Waals surface area contributed by atoms with E-state index in [1.54, 1.807) is 17.4 Å². The fraction of sp³-hybridized carbons (Fsp3) is 0.478. The van der Waals surface area contributed by atoms with Gasteiger partial charge in [0.25, 0.3) is 5.56 Å². The molecule has 31 heavy (non-hydrogen) atoms. The van der Waals surface area contributed by atoms with Gasteiger partial charge in [0.15, 0.2) is 16.5 Å². The van der Waals surface area contributed by atoms with Crippen molar-refractivity contribution in [1.29, 1.82) is 0 Å². The molecule has 7 nitrogen and oxygen atoms in total. The first-order valence-electron chi connectivity index (χ1n) is 11.1. The zero-order valence-electron chi connectivity index (χ0n) is 17.5. The summed E-state index contributed by atoms with van der Waals surface area (Å²) in [5.41, 5.74) is 3.43. The molecule has 0 unspecified atom stereocenters. The van der Waals surface area contributed by atoms with Crippen LogP contribution in [0.2, 0.25) is 0 Å². The van der Waals surface area contributed by atoms with E-state index in [0.29, 0.717) is 6.79 Å². The molecule has 1 aromatic carbocycles. The Balaban J connectivity index is 1.10. The summed E-state index contributed by atoms with van der Waals surface area (Å²) in [5, 5.41) is 0. The summed E-state index contributed by atoms with van der Waals surface area (Å²) in [6.45, 7) is 5.93. The number of thiazole rings is 1. The Morgan fingerprint density at radius 1 is 0.935 bits per heavy atom. The Bertz CT molecular complexity index is 1180. The maximum Gasteiger partial charge on any atom is 0.259 e. The number of rotatable bonds is 4. The van der Waals surface area contributed by atoms with Crippen LogP contribution in [0, 0.1) is 0 Å². The van der Waals surface area contributed by atoms with E-state index in [-0.39, 0.29) is 5.56 Å². The maximum atomic E-state index is 12.8. The molecule has 1 aliphatic carbocycles. The van der Waals surface area contributed by atoms with Gasteiger partial charge in [-0.3, -0.25) is 19.0 Å². The van der Waals surface area contributed by atoms with E-state index in [9.17, 15) is 4.79 Å². The molecule has 3 aromatic rings. The minimum atomic E-state index is 0.0841. The highest BCUT2D eigenvalue weighted by atomic mass is 32.1. The van der Waals surface area contributed by atoms with Crippen molar-refractivity contribution >= 4 is 16.3 Å². The van der Waals surface area contributed by atoms with E-state index >= 15 is 0 Å². The SMILES string of the molecule is O=c1cc(CN2CCN(Cc3ccc4c(c3)OCO4)CC2)nc2sc3c(n12)CCCC3. The lowest BCUT2D eigenvalue weighted by atomic mass is 10.0. The molecule has 0 atom stereocenters. The highest BCUT2D eigenvalue weighted by molar-refractivity contribution is 7.17. The molecule has 1 saturated heterocycles. The summed E-state index contributed by atoms with van der Waals surface area (Å²) in [5.74, 6) is 1.68. The van der Waals surface area contributed by atoms with Gasteiger partial charge in [-0.2, -0.15) is 0 Å². The van der Waals surface area contributed by atoms with Gasteiger partial charge in [0.05, 0.1) is 5.69 Å². The topological polar surface area (TPSA) is 59.3 Å². The molecule has 2 aliphatic heterocycles. The molecular weight excluding hydrogens is 412 g/mol. The van der Waals surface area contributed by atoms with Gasteiger partial charge in [0, 0.05) is 55.9 Å². The van der Waals surface area contributed by atoms with E-state index in [4.69, 9.17) is 14.5 Å². The highest BCUT2D eigenvalue weighted by Crippen LogP contribution is 2.33. The lowest BCUT2D eigenvalue weighted by Crippen LogP contribution is -2.45. The summed E-state index contributed by atoms with van der Waals surface area (Å²) in [7, 11) is 0. The van der Waals surface area contributed by atoms with Crippen molar-refractivity contribution in [3.8, 4) is 11.5 Å². The molecule has 0 N–H and O–H groups in total. The number of ether oxygens (including phenoxy) is 2. The van der Waals surface area contributed by atoms with Crippen LogP contribution in [-0.4, -0.2) is 52.2 Å². The number of fused-ring (bicyclic) bond motifs is 4. The van der Waals surface area contributed by atoms with Crippen LogP contribution in [-0.2, 0) is 25.9 Å². The zero-order valence-corrected chi connectivity index (χ0v) is 18.3. The average Bonchev–Trinajstić information content (AvgIpc) is 3.39. The van der Waals surface area contributed by atoms with Crippen molar-refractivity contribution in [1.82, 2.24) is 19.2 Å². The van der Waals surface area contributed by atoms with Gasteiger partial charge in [-0.05, 0) is 43.4 Å². The van der Waals surface area contributed by atoms with Gasteiger partial charge in [-0.1, -0.05) is 6.07 Å². The molecule has 6 rings (SSSR count). The molecule has 8 heteroatoms. The Hall–Kier alpha value is -2.42. The Kier molecular flexibility index (Phi) is 4.93. The van der Waals surface area contributed by atoms with Crippen molar-refractivity contribution in [3.63, 3.8) is 0 Å². The maximum absolute atomic E-state index is 12.8. The highest BCUT2D eigenvalue weighted by Gasteiger charge is 2.22. The number of nitrogens with zero attached hydrogens (tertiary/aromatic N) is 4. The minimum Gasteiger partial charge on any atom is -0.454 e. The largest absolute Gasteiger partial charge is 0.454 e. The summed E-state index contributed by atoms with van der Waals surface area (Å²) < 4.78 is 12.8. The molecule has 4 heterocycles. The fourth-order valence-corrected chi connectivity index (χ4v) is 6.09. The van der Waals surface area contributed by atoms with Crippen LogP contribution in [0.3, 0.4) is 0 Å². The average molecular weight is 439 g/mol. The van der Waals surface area contributed by atoms with Gasteiger partial charge in [-0.15, -0.1) is 11.3 Å². The molecule has 0 bridgehead atoms. The lowest BCUT2D eigenvalue weighted by molar-refractivity contribution is 0.121. The second-order valence-corrected chi connectivity index (χ2v) is 9.68. The van der Waals surface area contributed by atoms with E-state index in [1.165, 1.54) is 29.0 Å². The van der Waals surface area contributed by atoms with Crippen molar-refractivity contribution in [2.45, 2.75) is 38.8 Å². The summed E-state index contributed by atoms with van der Waals surface area (Å²) in [6.07, 6.45) is 4.48. The second-order valence-electron chi connectivity index (χ2n) is 8.62. The standard InChI is InChI=1S/C23H26N4O3S/c28-22-12-17(24-23-27(22)18-3-1-2-4-21(18)31-23)14-26-9-7-25(8-10-26)13-16-5-6-19-20(11-16)30-15-29-19/h5-6,11-12H,1-4,7-10,13-15H2. The monoisotopic (exact) mass is 438 g/mol. The van der Waals surface area contributed by atoms with Crippen molar-refractivity contribution < 1.29 is 9.47 Å². The van der Waals surface area contributed by atoms with Gasteiger partial charge < -0.3 is 9.47 Å². The number of hydrogen-bond donors (Lipinski definition) is 0. The normalized spacial score (nSPS) is 19.1. The Morgan fingerprint density at radius 2 is 1.71 bits per heavy atom. The van der Waals surface area contributed by atoms with Crippen LogP contribution < -0.4 is 15.0 Å². The first-order chi connectivity index (χ1) is 15.2. The Labute approximate surface area is 184 Å². The summed E-state index contributed by atoms with van der Waals surface area (Å²) >= 11 is 1.71. The smallest absolute Gasteiger partial charge is 0.259 e. The van der Waals surface area contributed by atoms with Crippen LogP contribution in [0.25, 0.3) is 4.96 Å². The van der Waals surface area contributed by atoms with Crippen molar-refractivity contribution in [2.24, 2.45) is 0 Å². The number of benzene rings is 1. The molecule has 1 fully saturated rings. The van der Waals surface area contributed by atoms with Gasteiger partial charge in [-0.25, -0.2) is 4.98 Å². The molecule has 0 radical (unpaired) electrons. The summed E-state index contributed by atoms with van der Waals surface area (Å²) in [4.78, 5) is 24.7. The van der Waals surface area contributed by atoms with Crippen LogP contribution in [0.4, 0.5) is 0 Å². The Morgan fingerprint density at radius 3 is 2.58 bits per heavy atom. The predicted molar refractivity (Wildman–Crippen MR) is 119 cm³/mol. The third-order valence-corrected chi connectivity index (χ3v) is 7.65. The van der Waals surface area contributed by atoms with Gasteiger partial charge in [0.1, 0.15) is 0 Å². The number of piperazine rings is 1. The number of aromatic nitrogens is 2. The molecule has 162 valence electrons.